The summed E-state index contributed by atoms with van der Waals surface area (Å²) < 4.78 is 7.32. The molecule has 0 N–H and O–H groups in total. The molecule has 4 heteroatoms. The molecule has 16 rings (SSSR count). The van der Waals surface area contributed by atoms with Crippen molar-refractivity contribution in [3.8, 4) is 44.5 Å². The standard InChI is InChI=1S/C74H61BN2O/c1-7-8-22-46-34-35-64(53(38-46)47-23-10-9-11-24-47)76-66-42-55-54-41-61-62(73(5,6)37-36-72(61,3)4)43-68(54)78-69(55)44-63(66)75-70-56(39-48(40-67(70)76)49-25-13-12-21-45(49)2)52-28-20-32-60-71(52)77(75)65-33-19-18-31-59(65)74(60)57-29-16-14-26-50(57)51-27-15-17-30-58(51)74/h9-21,23-35,38-44H,7-8,22,36-37H2,1-6H3. The van der Waals surface area contributed by atoms with E-state index in [-0.39, 0.29) is 17.7 Å². The smallest absolute Gasteiger partial charge is 0.333 e. The first-order valence-electron chi connectivity index (χ1n) is 28.5. The highest BCUT2D eigenvalue weighted by molar-refractivity contribution is 6.94. The number of furan rings is 1. The van der Waals surface area contributed by atoms with Crippen molar-refractivity contribution in [3.63, 3.8) is 0 Å². The number of unbranched alkanes of at least 4 members (excludes halogenated alkanes) is 1. The van der Waals surface area contributed by atoms with Crippen molar-refractivity contribution >= 4 is 68.1 Å². The van der Waals surface area contributed by atoms with E-state index in [1.54, 1.807) is 0 Å². The lowest BCUT2D eigenvalue weighted by molar-refractivity contribution is 0.332. The van der Waals surface area contributed by atoms with E-state index in [4.69, 9.17) is 4.42 Å². The first-order chi connectivity index (χ1) is 38.0. The first kappa shape index (κ1) is 45.8. The normalized spacial score (nSPS) is 16.1. The Balaban J connectivity index is 1.07. The van der Waals surface area contributed by atoms with Crippen LogP contribution in [0.1, 0.15) is 105 Å². The van der Waals surface area contributed by atoms with Gasteiger partial charge in [0.15, 0.2) is 0 Å². The van der Waals surface area contributed by atoms with Gasteiger partial charge in [-0.2, -0.15) is 0 Å². The SMILES string of the molecule is CCCCc1ccc(N2c3cc4c(cc3B3c5c(cc(-c6ccccc6C)cc52)-c2cccc5c2N3c2ccccc2C52c3ccccc3-c3ccccc32)oc2cc3c(cc24)C(C)(C)CCC3(C)C)c(-c2ccccc2)c1. The minimum absolute atomic E-state index is 0.0425. The van der Waals surface area contributed by atoms with E-state index in [9.17, 15) is 0 Å². The van der Waals surface area contributed by atoms with Crippen molar-refractivity contribution in [2.75, 3.05) is 9.71 Å². The molecule has 0 bridgehead atoms. The van der Waals surface area contributed by atoms with Gasteiger partial charge >= 0.3 is 6.85 Å². The minimum Gasteiger partial charge on any atom is -0.456 e. The van der Waals surface area contributed by atoms with Crippen molar-refractivity contribution < 1.29 is 4.42 Å². The molecular weight excluding hydrogens is 944 g/mol. The molecule has 78 heavy (non-hydrogen) atoms. The second kappa shape index (κ2) is 16.4. The number of rotatable bonds is 6. The van der Waals surface area contributed by atoms with Crippen LogP contribution in [0.3, 0.4) is 0 Å². The highest BCUT2D eigenvalue weighted by Crippen LogP contribution is 2.65. The van der Waals surface area contributed by atoms with E-state index < -0.39 is 5.41 Å². The molecule has 3 nitrogen and oxygen atoms in total. The molecule has 376 valence electrons. The summed E-state index contributed by atoms with van der Waals surface area (Å²) in [6.07, 6.45) is 5.63. The van der Waals surface area contributed by atoms with Crippen LogP contribution in [0.2, 0.25) is 0 Å². The maximum atomic E-state index is 7.32. The minimum atomic E-state index is -0.545. The van der Waals surface area contributed by atoms with E-state index in [1.165, 1.54) is 134 Å². The number of aryl methyl sites for hydroxylation is 2. The van der Waals surface area contributed by atoms with Gasteiger partial charge in [0.25, 0.3) is 0 Å². The van der Waals surface area contributed by atoms with Gasteiger partial charge in [-0.3, -0.25) is 0 Å². The van der Waals surface area contributed by atoms with Gasteiger partial charge < -0.3 is 14.1 Å². The molecule has 10 aromatic carbocycles. The molecule has 2 aliphatic carbocycles. The number of anilines is 5. The van der Waals surface area contributed by atoms with Crippen LogP contribution in [-0.4, -0.2) is 6.85 Å². The van der Waals surface area contributed by atoms with Gasteiger partial charge in [0, 0.05) is 44.6 Å². The van der Waals surface area contributed by atoms with E-state index in [1.807, 2.05) is 0 Å². The fourth-order valence-corrected chi connectivity index (χ4v) is 15.3. The third-order valence-electron chi connectivity index (χ3n) is 19.2. The van der Waals surface area contributed by atoms with Gasteiger partial charge in [0.2, 0.25) is 0 Å². The molecule has 0 unspecified atom stereocenters. The number of hydrogen-bond donors (Lipinski definition) is 0. The largest absolute Gasteiger partial charge is 0.456 e. The van der Waals surface area contributed by atoms with Crippen LogP contribution in [0.15, 0.2) is 205 Å². The maximum absolute atomic E-state index is 7.32. The van der Waals surface area contributed by atoms with Crippen molar-refractivity contribution in [3.05, 3.63) is 245 Å². The Morgan fingerprint density at radius 2 is 1.09 bits per heavy atom. The summed E-state index contributed by atoms with van der Waals surface area (Å²) in [5.41, 5.74) is 30.9. The molecule has 5 aliphatic rings. The van der Waals surface area contributed by atoms with Crippen molar-refractivity contribution in [2.45, 2.75) is 89.9 Å². The fraction of sp³-hybridized carbons (Fsp3) is 0.189. The lowest BCUT2D eigenvalue weighted by atomic mass is 9.42. The predicted octanol–water partition coefficient (Wildman–Crippen LogP) is 18.3. The highest BCUT2D eigenvalue weighted by Gasteiger charge is 2.56. The van der Waals surface area contributed by atoms with Crippen LogP contribution in [-0.2, 0) is 22.7 Å². The highest BCUT2D eigenvalue weighted by atomic mass is 16.3. The Bertz CT molecular complexity index is 4320. The summed E-state index contributed by atoms with van der Waals surface area (Å²) in [5.74, 6) is 0. The van der Waals surface area contributed by atoms with Crippen LogP contribution in [0.25, 0.3) is 66.4 Å². The van der Waals surface area contributed by atoms with Gasteiger partial charge in [0.05, 0.1) is 11.1 Å². The lowest BCUT2D eigenvalue weighted by Gasteiger charge is -2.52. The Kier molecular flexibility index (Phi) is 9.61. The number of benzene rings is 10. The lowest BCUT2D eigenvalue weighted by Crippen LogP contribution is -2.63. The van der Waals surface area contributed by atoms with Crippen LogP contribution < -0.4 is 20.6 Å². The predicted molar refractivity (Wildman–Crippen MR) is 328 cm³/mol. The Morgan fingerprint density at radius 1 is 0.462 bits per heavy atom. The zero-order valence-electron chi connectivity index (χ0n) is 45.5. The van der Waals surface area contributed by atoms with Gasteiger partial charge in [-0.1, -0.05) is 187 Å². The Hall–Kier alpha value is -8.34. The molecule has 0 amide bonds. The average molecular weight is 1010 g/mol. The molecule has 1 aromatic heterocycles. The van der Waals surface area contributed by atoms with Crippen molar-refractivity contribution in [2.24, 2.45) is 0 Å². The molecule has 0 saturated carbocycles. The molecular formula is C74H61BN2O. The van der Waals surface area contributed by atoms with Crippen LogP contribution in [0.5, 0.6) is 0 Å². The quantitative estimate of drug-likeness (QED) is 0.155. The summed E-state index contributed by atoms with van der Waals surface area (Å²) in [4.78, 5) is 5.42. The molecule has 0 saturated heterocycles. The summed E-state index contributed by atoms with van der Waals surface area (Å²) in [7, 11) is 0. The topological polar surface area (TPSA) is 19.6 Å². The number of para-hydroxylation sites is 2. The molecule has 0 fully saturated rings. The molecule has 0 atom stereocenters. The second-order valence-electron chi connectivity index (χ2n) is 24.4. The van der Waals surface area contributed by atoms with E-state index in [2.05, 4.69) is 251 Å². The summed E-state index contributed by atoms with van der Waals surface area (Å²) in [6.45, 7) is 14.1. The summed E-state index contributed by atoms with van der Waals surface area (Å²) in [6, 6.07) is 77.4. The van der Waals surface area contributed by atoms with Crippen LogP contribution >= 0.6 is 0 Å². The van der Waals surface area contributed by atoms with E-state index in [0.29, 0.717) is 0 Å². The van der Waals surface area contributed by atoms with Gasteiger partial charge in [-0.15, -0.1) is 0 Å². The monoisotopic (exact) mass is 1000 g/mol. The third kappa shape index (κ3) is 6.12. The fourth-order valence-electron chi connectivity index (χ4n) is 15.3. The van der Waals surface area contributed by atoms with Crippen LogP contribution in [0, 0.1) is 6.92 Å². The van der Waals surface area contributed by atoms with Gasteiger partial charge in [-0.25, -0.2) is 0 Å². The van der Waals surface area contributed by atoms with Crippen molar-refractivity contribution in [1.29, 1.82) is 0 Å². The molecule has 0 radical (unpaired) electrons. The molecule has 1 spiro atoms. The Morgan fingerprint density at radius 3 is 1.83 bits per heavy atom. The zero-order valence-corrected chi connectivity index (χ0v) is 45.5. The second-order valence-corrected chi connectivity index (χ2v) is 24.4. The van der Waals surface area contributed by atoms with Crippen LogP contribution in [0.4, 0.5) is 28.4 Å². The molecule has 4 heterocycles. The summed E-state index contributed by atoms with van der Waals surface area (Å²) >= 11 is 0. The summed E-state index contributed by atoms with van der Waals surface area (Å²) in [5, 5.41) is 2.35. The first-order valence-corrected chi connectivity index (χ1v) is 28.5. The number of fused-ring (bicyclic) bond motifs is 17. The third-order valence-corrected chi connectivity index (χ3v) is 19.2. The Labute approximate surface area is 458 Å². The average Bonchev–Trinajstić information content (AvgIpc) is 4.14. The zero-order chi connectivity index (χ0) is 52.4. The van der Waals surface area contributed by atoms with Gasteiger partial charge in [-0.05, 0) is 187 Å². The van der Waals surface area contributed by atoms with Crippen molar-refractivity contribution in [1.82, 2.24) is 0 Å². The van der Waals surface area contributed by atoms with E-state index in [0.717, 1.165) is 48.7 Å². The molecule has 11 aromatic rings. The van der Waals surface area contributed by atoms with Gasteiger partial charge in [0.1, 0.15) is 11.2 Å². The van der Waals surface area contributed by atoms with E-state index >= 15 is 0 Å². The molecule has 3 aliphatic heterocycles. The number of nitrogens with zero attached hydrogens (tertiary/aromatic N) is 2. The number of hydrogen-bond acceptors (Lipinski definition) is 3. The maximum Gasteiger partial charge on any atom is 0.333 e.